The van der Waals surface area contributed by atoms with Gasteiger partial charge in [0, 0.05) is 5.69 Å². The molecule has 0 atom stereocenters. The summed E-state index contributed by atoms with van der Waals surface area (Å²) in [6.45, 7) is 2.03. The molecule has 2 heteroatoms. The summed E-state index contributed by atoms with van der Waals surface area (Å²) >= 11 is 0. The van der Waals surface area contributed by atoms with Crippen LogP contribution < -0.4 is 11.3 Å². The van der Waals surface area contributed by atoms with Crippen LogP contribution in [0.5, 0.6) is 0 Å². The molecule has 1 aromatic rings. The summed E-state index contributed by atoms with van der Waals surface area (Å²) in [6, 6.07) is 7.90. The fourth-order valence-electron chi connectivity index (χ4n) is 0.735. The number of nitrogens with one attached hydrogen (secondary N) is 1. The number of benzene rings is 1. The Kier molecular flexibility index (Phi) is 4.63. The average Bonchev–Trinajstić information content (AvgIpc) is 2.08. The number of aryl methyl sites for hydroxylation is 1. The zero-order valence-corrected chi connectivity index (χ0v) is 6.54. The van der Waals surface area contributed by atoms with Crippen molar-refractivity contribution in [2.75, 3.05) is 5.43 Å². The van der Waals surface area contributed by atoms with Crippen LogP contribution in [0.3, 0.4) is 0 Å². The van der Waals surface area contributed by atoms with Crippen LogP contribution in [0.2, 0.25) is 0 Å². The molecule has 0 fully saturated rings. The highest BCUT2D eigenvalue weighted by Gasteiger charge is 1.85. The van der Waals surface area contributed by atoms with E-state index in [1.165, 1.54) is 5.56 Å². The molecular weight excluding hydrogens is 136 g/mol. The van der Waals surface area contributed by atoms with Gasteiger partial charge in [-0.05, 0) is 24.6 Å². The van der Waals surface area contributed by atoms with Gasteiger partial charge in [0.15, 0.2) is 0 Å². The zero-order valence-electron chi connectivity index (χ0n) is 6.54. The molecule has 0 saturated heterocycles. The first-order valence-electron chi connectivity index (χ1n) is 3.19. The molecule has 0 saturated carbocycles. The third-order valence-corrected chi connectivity index (χ3v) is 1.18. The second-order valence-corrected chi connectivity index (χ2v) is 2.01. The molecule has 3 N–H and O–H groups in total. The summed E-state index contributed by atoms with van der Waals surface area (Å²) in [5.41, 5.74) is 4.73. The van der Waals surface area contributed by atoms with E-state index >= 15 is 0 Å². The van der Waals surface area contributed by atoms with Crippen molar-refractivity contribution < 1.29 is 0 Å². The number of hydrogen-bond donors (Lipinski definition) is 2. The van der Waals surface area contributed by atoms with Crippen LogP contribution in [0.15, 0.2) is 24.3 Å². The summed E-state index contributed by atoms with van der Waals surface area (Å²) in [5.74, 6) is 5.17. The summed E-state index contributed by atoms with van der Waals surface area (Å²) in [5, 5.41) is 0. The lowest BCUT2D eigenvalue weighted by Crippen LogP contribution is -2.06. The minimum Gasteiger partial charge on any atom is -0.324 e. The van der Waals surface area contributed by atoms with Gasteiger partial charge >= 0.3 is 0 Å². The van der Waals surface area contributed by atoms with E-state index in [1.54, 1.807) is 0 Å². The Hall–Kier alpha value is -1.46. The van der Waals surface area contributed by atoms with Crippen LogP contribution in [0.25, 0.3) is 0 Å². The van der Waals surface area contributed by atoms with Gasteiger partial charge in [-0.15, -0.1) is 12.8 Å². The molecule has 0 spiro atoms. The van der Waals surface area contributed by atoms with E-state index in [0.717, 1.165) is 5.69 Å². The molecular formula is C9H12N2. The molecule has 2 nitrogen and oxygen atoms in total. The Labute approximate surface area is 67.4 Å². The Bertz CT molecular complexity index is 228. The number of hydrazine groups is 1. The molecule has 0 radical (unpaired) electrons. The first kappa shape index (κ1) is 9.54. The minimum absolute atomic E-state index is 0.954. The highest BCUT2D eigenvalue weighted by atomic mass is 15.2. The summed E-state index contributed by atoms with van der Waals surface area (Å²) in [4.78, 5) is 0. The quantitative estimate of drug-likeness (QED) is 0.360. The molecule has 0 heterocycles. The van der Waals surface area contributed by atoms with E-state index < -0.39 is 0 Å². The van der Waals surface area contributed by atoms with Crippen molar-refractivity contribution in [3.63, 3.8) is 0 Å². The van der Waals surface area contributed by atoms with E-state index in [9.17, 15) is 0 Å². The molecule has 58 valence electrons. The van der Waals surface area contributed by atoms with Gasteiger partial charge in [0.05, 0.1) is 0 Å². The summed E-state index contributed by atoms with van der Waals surface area (Å²) in [6.07, 6.45) is 8.00. The van der Waals surface area contributed by atoms with Gasteiger partial charge in [0.2, 0.25) is 0 Å². The second kappa shape index (κ2) is 5.33. The lowest BCUT2D eigenvalue weighted by Gasteiger charge is -1.98. The van der Waals surface area contributed by atoms with Crippen LogP contribution in [-0.2, 0) is 0 Å². The molecule has 0 aromatic heterocycles. The molecule has 0 aliphatic heterocycles. The molecule has 0 unspecified atom stereocenters. The maximum absolute atomic E-state index is 5.17. The standard InChI is InChI=1S/C7H10N2.C2H2/c1-6-3-2-4-7(5-6)9-8;1-2/h2-5,9H,8H2,1H3;1-2H. The molecule has 0 aliphatic carbocycles. The fraction of sp³-hybridized carbons (Fsp3) is 0.111. The highest BCUT2D eigenvalue weighted by Crippen LogP contribution is 2.06. The van der Waals surface area contributed by atoms with Crippen molar-refractivity contribution in [3.05, 3.63) is 29.8 Å². The molecule has 1 rings (SSSR count). The van der Waals surface area contributed by atoms with Crippen molar-refractivity contribution in [1.29, 1.82) is 0 Å². The van der Waals surface area contributed by atoms with Gasteiger partial charge in [-0.1, -0.05) is 12.1 Å². The normalized spacial score (nSPS) is 7.64. The highest BCUT2D eigenvalue weighted by molar-refractivity contribution is 5.43. The fourth-order valence-corrected chi connectivity index (χ4v) is 0.735. The lowest BCUT2D eigenvalue weighted by molar-refractivity contribution is 1.33. The minimum atomic E-state index is 0.954. The van der Waals surface area contributed by atoms with Crippen LogP contribution in [0.1, 0.15) is 5.56 Å². The van der Waals surface area contributed by atoms with Crippen LogP contribution >= 0.6 is 0 Å². The largest absolute Gasteiger partial charge is 0.324 e. The first-order valence-corrected chi connectivity index (χ1v) is 3.19. The van der Waals surface area contributed by atoms with Gasteiger partial charge in [-0.2, -0.15) is 0 Å². The first-order chi connectivity index (χ1) is 5.33. The zero-order chi connectivity index (χ0) is 8.69. The molecule has 1 aromatic carbocycles. The van der Waals surface area contributed by atoms with Crippen molar-refractivity contribution >= 4 is 5.69 Å². The maximum atomic E-state index is 5.17. The smallest absolute Gasteiger partial charge is 0.0487 e. The Morgan fingerprint density at radius 2 is 2.00 bits per heavy atom. The van der Waals surface area contributed by atoms with E-state index in [0.29, 0.717) is 0 Å². The van der Waals surface area contributed by atoms with Crippen LogP contribution in [0.4, 0.5) is 5.69 Å². The Morgan fingerprint density at radius 1 is 1.36 bits per heavy atom. The van der Waals surface area contributed by atoms with Gasteiger partial charge in [0.1, 0.15) is 0 Å². The SMILES string of the molecule is C#C.Cc1cccc(NN)c1. The van der Waals surface area contributed by atoms with Crippen LogP contribution in [0, 0.1) is 19.8 Å². The predicted octanol–water partition coefficient (Wildman–Crippen LogP) is 1.53. The van der Waals surface area contributed by atoms with Crippen molar-refractivity contribution in [1.82, 2.24) is 0 Å². The topological polar surface area (TPSA) is 38.0 Å². The van der Waals surface area contributed by atoms with Gasteiger partial charge in [-0.3, -0.25) is 5.84 Å². The number of hydrogen-bond acceptors (Lipinski definition) is 2. The Morgan fingerprint density at radius 3 is 2.36 bits per heavy atom. The number of rotatable bonds is 1. The van der Waals surface area contributed by atoms with Gasteiger partial charge in [-0.25, -0.2) is 0 Å². The van der Waals surface area contributed by atoms with E-state index in [-0.39, 0.29) is 0 Å². The average molecular weight is 148 g/mol. The maximum Gasteiger partial charge on any atom is 0.0487 e. The molecule has 0 amide bonds. The van der Waals surface area contributed by atoms with Crippen molar-refractivity contribution in [2.45, 2.75) is 6.92 Å². The number of terminal acetylenes is 1. The van der Waals surface area contributed by atoms with E-state index in [2.05, 4.69) is 18.3 Å². The Balaban J connectivity index is 0.000000461. The van der Waals surface area contributed by atoms with E-state index in [4.69, 9.17) is 5.84 Å². The molecule has 0 aliphatic rings. The second-order valence-electron chi connectivity index (χ2n) is 2.01. The molecule has 11 heavy (non-hydrogen) atoms. The van der Waals surface area contributed by atoms with Crippen LogP contribution in [-0.4, -0.2) is 0 Å². The van der Waals surface area contributed by atoms with Gasteiger partial charge in [0.25, 0.3) is 0 Å². The third kappa shape index (κ3) is 3.29. The summed E-state index contributed by atoms with van der Waals surface area (Å²) < 4.78 is 0. The monoisotopic (exact) mass is 148 g/mol. The number of nitrogens with two attached hydrogens (primary N) is 1. The van der Waals surface area contributed by atoms with Crippen molar-refractivity contribution in [3.8, 4) is 12.8 Å². The predicted molar refractivity (Wildman–Crippen MR) is 48.9 cm³/mol. The number of nitrogen functional groups attached to an aromatic ring is 1. The summed E-state index contributed by atoms with van der Waals surface area (Å²) in [7, 11) is 0. The lowest BCUT2D eigenvalue weighted by atomic mass is 10.2. The van der Waals surface area contributed by atoms with E-state index in [1.807, 2.05) is 31.2 Å². The third-order valence-electron chi connectivity index (χ3n) is 1.18. The van der Waals surface area contributed by atoms with Gasteiger partial charge < -0.3 is 5.43 Å². The number of anilines is 1. The molecule has 0 bridgehead atoms. The van der Waals surface area contributed by atoms with Crippen molar-refractivity contribution in [2.24, 2.45) is 5.84 Å².